The van der Waals surface area contributed by atoms with Crippen LogP contribution in [0.25, 0.3) is 0 Å². The number of benzene rings is 2. The number of aromatic carboxylic acids is 1. The molecule has 0 bridgehead atoms. The molecule has 1 aliphatic heterocycles. The number of fused-ring (bicyclic) bond motifs is 3. The molecule has 43 heavy (non-hydrogen) atoms. The number of ether oxygens (including phenoxy) is 2. The van der Waals surface area contributed by atoms with Gasteiger partial charge < -0.3 is 24.8 Å². The van der Waals surface area contributed by atoms with Crippen molar-refractivity contribution in [2.24, 2.45) is 17.8 Å². The Morgan fingerprint density at radius 1 is 0.953 bits per heavy atom. The summed E-state index contributed by atoms with van der Waals surface area (Å²) in [4.78, 5) is 66.9. The molecule has 2 aromatic carbocycles. The summed E-state index contributed by atoms with van der Waals surface area (Å²) in [6, 6.07) is 6.62. The molecule has 2 amide bonds. The number of methoxy groups -OCH3 is 2. The smallest absolute Gasteiger partial charge is 0.339 e. The van der Waals surface area contributed by atoms with E-state index in [0.29, 0.717) is 11.1 Å². The van der Waals surface area contributed by atoms with Crippen molar-refractivity contribution in [2.75, 3.05) is 19.1 Å². The van der Waals surface area contributed by atoms with E-state index in [0.717, 1.165) is 17.0 Å². The molecule has 11 heteroatoms. The van der Waals surface area contributed by atoms with Crippen LogP contribution in [0.2, 0.25) is 0 Å². The van der Waals surface area contributed by atoms with Crippen LogP contribution in [-0.4, -0.2) is 58.9 Å². The summed E-state index contributed by atoms with van der Waals surface area (Å²) in [5.74, 6) is -6.74. The highest BCUT2D eigenvalue weighted by atomic mass is 16.5. The van der Waals surface area contributed by atoms with Crippen LogP contribution in [-0.2, 0) is 19.2 Å². The topological polar surface area (TPSA) is 168 Å². The first-order valence-electron chi connectivity index (χ1n) is 13.6. The number of carboxylic acid groups (broad SMARTS) is 1. The average Bonchev–Trinajstić information content (AvgIpc) is 3.24. The maximum Gasteiger partial charge on any atom is 0.339 e. The van der Waals surface area contributed by atoms with Gasteiger partial charge in [0.25, 0.3) is 0 Å². The number of hydrogen-bond acceptors (Lipinski definition) is 9. The second kappa shape index (κ2) is 9.97. The number of phenols is 2. The molecule has 0 saturated carbocycles. The van der Waals surface area contributed by atoms with Crippen molar-refractivity contribution >= 4 is 35.0 Å². The van der Waals surface area contributed by atoms with E-state index in [1.807, 2.05) is 6.08 Å². The number of anilines is 1. The summed E-state index contributed by atoms with van der Waals surface area (Å²) in [6.07, 6.45) is 3.37. The minimum absolute atomic E-state index is 0.0381. The molecule has 4 unspecified atom stereocenters. The molecular formula is C32H27NO10. The normalized spacial score (nSPS) is 24.7. The van der Waals surface area contributed by atoms with Crippen LogP contribution in [0.1, 0.15) is 41.6 Å². The molecule has 220 valence electrons. The van der Waals surface area contributed by atoms with Crippen LogP contribution in [0.3, 0.4) is 0 Å². The Hall–Kier alpha value is -5.19. The van der Waals surface area contributed by atoms with Crippen molar-refractivity contribution in [1.82, 2.24) is 0 Å². The molecule has 1 saturated heterocycles. The number of allylic oxidation sites excluding steroid dienone is 6. The zero-order valence-electron chi connectivity index (χ0n) is 23.4. The lowest BCUT2D eigenvalue weighted by Gasteiger charge is -2.42. The van der Waals surface area contributed by atoms with Gasteiger partial charge in [0.15, 0.2) is 23.1 Å². The first-order valence-corrected chi connectivity index (χ1v) is 13.6. The highest BCUT2D eigenvalue weighted by Crippen LogP contribution is 2.56. The van der Waals surface area contributed by atoms with Crippen molar-refractivity contribution < 1.29 is 48.8 Å². The predicted octanol–water partition coefficient (Wildman–Crippen LogP) is 3.45. The van der Waals surface area contributed by atoms with Gasteiger partial charge in [-0.3, -0.25) is 19.2 Å². The number of aromatic hydroxyl groups is 2. The van der Waals surface area contributed by atoms with Crippen LogP contribution in [0.4, 0.5) is 5.69 Å². The highest BCUT2D eigenvalue weighted by Gasteiger charge is 2.56. The number of ketones is 2. The summed E-state index contributed by atoms with van der Waals surface area (Å²) in [6.45, 7) is 1.57. The quantitative estimate of drug-likeness (QED) is 0.269. The van der Waals surface area contributed by atoms with Gasteiger partial charge in [0.05, 0.1) is 31.7 Å². The third kappa shape index (κ3) is 4.06. The second-order valence-corrected chi connectivity index (χ2v) is 11.0. The molecule has 0 spiro atoms. The molecular weight excluding hydrogens is 558 g/mol. The molecule has 1 heterocycles. The van der Waals surface area contributed by atoms with Gasteiger partial charge in [-0.05, 0) is 61.6 Å². The Labute approximate surface area is 245 Å². The van der Waals surface area contributed by atoms with Gasteiger partial charge in [-0.1, -0.05) is 11.6 Å². The van der Waals surface area contributed by atoms with E-state index in [1.54, 1.807) is 19.1 Å². The number of carbonyl (C=O) groups excluding carboxylic acids is 4. The number of amides is 2. The SMILES string of the molecule is COc1cc(C2C3=CCC4C(=O)N(c5ccc(C(=O)O)c(O)c5)C(=O)C4C3CC3=C2C(=O)C(C)=CC3=O)cc(OC)c1O. The molecule has 11 nitrogen and oxygen atoms in total. The zero-order chi connectivity index (χ0) is 30.9. The first-order chi connectivity index (χ1) is 20.5. The van der Waals surface area contributed by atoms with Gasteiger partial charge in [-0.25, -0.2) is 9.69 Å². The first kappa shape index (κ1) is 28.0. The van der Waals surface area contributed by atoms with Crippen LogP contribution in [0.5, 0.6) is 23.0 Å². The molecule has 4 atom stereocenters. The van der Waals surface area contributed by atoms with Gasteiger partial charge in [0.1, 0.15) is 11.3 Å². The van der Waals surface area contributed by atoms with E-state index in [1.165, 1.54) is 26.4 Å². The van der Waals surface area contributed by atoms with Crippen LogP contribution < -0.4 is 14.4 Å². The molecule has 4 aliphatic rings. The number of phenolic OH excluding ortho intramolecular Hbond substituents is 1. The second-order valence-electron chi connectivity index (χ2n) is 11.0. The van der Waals surface area contributed by atoms with Crippen molar-refractivity contribution in [2.45, 2.75) is 25.7 Å². The monoisotopic (exact) mass is 585 g/mol. The molecule has 2 aromatic rings. The zero-order valence-corrected chi connectivity index (χ0v) is 23.4. The summed E-state index contributed by atoms with van der Waals surface area (Å²) >= 11 is 0. The fourth-order valence-electron chi connectivity index (χ4n) is 6.92. The standard InChI is InChI=1S/C32H27NO10/c1-13-8-21(34)20-12-19-16(25(27(20)28(13)36)14-9-23(42-2)29(37)24(10-14)43-3)6-7-18-26(19)31(39)33(30(18)38)15-4-5-17(32(40)41)22(35)11-15/h4-6,8-11,18-19,25-26,35,37H,7,12H2,1-3H3,(H,40,41). The Bertz CT molecular complexity index is 1740. The molecule has 0 aromatic heterocycles. The molecule has 0 radical (unpaired) electrons. The Balaban J connectivity index is 1.49. The van der Waals surface area contributed by atoms with E-state index in [2.05, 4.69) is 0 Å². The van der Waals surface area contributed by atoms with Crippen molar-refractivity contribution in [3.63, 3.8) is 0 Å². The van der Waals surface area contributed by atoms with Gasteiger partial charge in [0, 0.05) is 28.7 Å². The minimum atomic E-state index is -1.36. The van der Waals surface area contributed by atoms with E-state index in [4.69, 9.17) is 9.47 Å². The van der Waals surface area contributed by atoms with Crippen LogP contribution in [0.15, 0.2) is 64.8 Å². The van der Waals surface area contributed by atoms with Crippen LogP contribution >= 0.6 is 0 Å². The fourth-order valence-corrected chi connectivity index (χ4v) is 6.92. The lowest BCUT2D eigenvalue weighted by Crippen LogP contribution is -2.39. The Morgan fingerprint density at radius 2 is 1.63 bits per heavy atom. The van der Waals surface area contributed by atoms with Gasteiger partial charge in [0.2, 0.25) is 17.6 Å². The number of nitrogens with zero attached hydrogens (tertiary/aromatic N) is 1. The maximum atomic E-state index is 14.0. The van der Waals surface area contributed by atoms with Crippen molar-refractivity contribution in [3.05, 3.63) is 75.9 Å². The highest BCUT2D eigenvalue weighted by molar-refractivity contribution is 6.25. The molecule has 6 rings (SSSR count). The Kier molecular flexibility index (Phi) is 6.48. The maximum absolute atomic E-state index is 14.0. The summed E-state index contributed by atoms with van der Waals surface area (Å²) in [5.41, 5.74) is 1.69. The number of rotatable bonds is 5. The van der Waals surface area contributed by atoms with Crippen molar-refractivity contribution in [3.8, 4) is 23.0 Å². The summed E-state index contributed by atoms with van der Waals surface area (Å²) in [5, 5.41) is 30.1. The van der Waals surface area contributed by atoms with Crippen LogP contribution in [0, 0.1) is 17.8 Å². The van der Waals surface area contributed by atoms with E-state index in [-0.39, 0.29) is 69.6 Å². The predicted molar refractivity (Wildman–Crippen MR) is 150 cm³/mol. The number of hydrogen-bond donors (Lipinski definition) is 3. The fraction of sp³-hybridized carbons (Fsp3) is 0.281. The third-order valence-corrected chi connectivity index (χ3v) is 8.87. The van der Waals surface area contributed by atoms with Crippen molar-refractivity contribution in [1.29, 1.82) is 0 Å². The van der Waals surface area contributed by atoms with E-state index >= 15 is 0 Å². The Morgan fingerprint density at radius 3 is 2.23 bits per heavy atom. The lowest BCUT2D eigenvalue weighted by molar-refractivity contribution is -0.123. The third-order valence-electron chi connectivity index (χ3n) is 8.87. The number of imide groups is 1. The summed E-state index contributed by atoms with van der Waals surface area (Å²) < 4.78 is 10.7. The molecule has 3 aliphatic carbocycles. The van der Waals surface area contributed by atoms with E-state index < -0.39 is 47.2 Å². The number of carboxylic acids is 1. The van der Waals surface area contributed by atoms with Gasteiger partial charge >= 0.3 is 5.97 Å². The minimum Gasteiger partial charge on any atom is -0.507 e. The summed E-state index contributed by atoms with van der Waals surface area (Å²) in [7, 11) is 2.74. The molecule has 1 fully saturated rings. The lowest BCUT2D eigenvalue weighted by atomic mass is 9.59. The average molecular weight is 586 g/mol. The van der Waals surface area contributed by atoms with Gasteiger partial charge in [-0.2, -0.15) is 0 Å². The number of carbonyl (C=O) groups is 5. The van der Waals surface area contributed by atoms with E-state index in [9.17, 15) is 39.3 Å². The molecule has 3 N–H and O–H groups in total. The van der Waals surface area contributed by atoms with Gasteiger partial charge in [-0.15, -0.1) is 0 Å². The number of Topliss-reactive ketones (excluding diaryl/α,β-unsaturated/α-hetero) is 1. The largest absolute Gasteiger partial charge is 0.507 e.